The SMILES string of the molecule is CC(C)OC(=O)CCC/C=C\C[C@@H]1[C@@H](CC[C@H](CCc2ccccc2)OC(=O)C(C)OC(=O)CCC(=O)O[C@@H](CNC(C)(C)C)COc2nsnc2N2CCOCC2)[C@H](OC(=O)C(C)OC(=O)CCC(=O)O[C@@H](CNC(C)(C)C)COc2nsnc2N2CCOCC2)C[C@@H]1OC(=O)C(C)OC(=O)CCC(=O)O[C@@H](CNC(C)(C)C)COc1nsnc1N1CCOCC1. The summed E-state index contributed by atoms with van der Waals surface area (Å²) in [6, 6.07) is 9.41. The van der Waals surface area contributed by atoms with Gasteiger partial charge in [0.05, 0.1) is 119 Å². The summed E-state index contributed by atoms with van der Waals surface area (Å²) in [5, 5.41) is 9.97. The number of ether oxygens (including phenoxy) is 16. The van der Waals surface area contributed by atoms with Crippen molar-refractivity contribution in [3.05, 3.63) is 48.0 Å². The van der Waals surface area contributed by atoms with E-state index in [1.54, 1.807) is 13.8 Å². The molecule has 41 heteroatoms. The van der Waals surface area contributed by atoms with Crippen LogP contribution in [0, 0.1) is 11.8 Å². The predicted molar refractivity (Wildman–Crippen MR) is 467 cm³/mol. The first kappa shape index (κ1) is 103. The molecule has 4 fully saturated rings. The van der Waals surface area contributed by atoms with Crippen molar-refractivity contribution in [2.75, 3.05) is 133 Å². The summed E-state index contributed by atoms with van der Waals surface area (Å²) in [6.45, 7) is 31.9. The van der Waals surface area contributed by atoms with E-state index in [2.05, 4.69) is 42.2 Å². The molecule has 0 spiro atoms. The zero-order valence-electron chi connectivity index (χ0n) is 75.7. The van der Waals surface area contributed by atoms with E-state index in [9.17, 15) is 47.9 Å². The quantitative estimate of drug-likeness (QED) is 0.0162. The lowest BCUT2D eigenvalue weighted by Gasteiger charge is -2.28. The third-order valence-electron chi connectivity index (χ3n) is 20.4. The Morgan fingerprint density at radius 1 is 0.425 bits per heavy atom. The van der Waals surface area contributed by atoms with E-state index < -0.39 is 159 Å². The molecule has 1 saturated carbocycles. The molecule has 8 rings (SSSR count). The molecule has 1 aliphatic carbocycles. The molecule has 3 saturated heterocycles. The number of allylic oxidation sites excluding steroid dienone is 2. The minimum atomic E-state index is -1.56. The van der Waals surface area contributed by atoms with Crippen molar-refractivity contribution in [3.8, 4) is 17.6 Å². The second kappa shape index (κ2) is 52.5. The Balaban J connectivity index is 0.970. The normalized spacial score (nSPS) is 18.6. The summed E-state index contributed by atoms with van der Waals surface area (Å²) >= 11 is 2.95. The maximum atomic E-state index is 14.6. The lowest BCUT2D eigenvalue weighted by Crippen LogP contribution is -2.44. The van der Waals surface area contributed by atoms with Gasteiger partial charge in [-0.3, -0.25) is 33.6 Å². The summed E-state index contributed by atoms with van der Waals surface area (Å²) in [7, 11) is 0. The fourth-order valence-electron chi connectivity index (χ4n) is 13.7. The first-order valence-electron chi connectivity index (χ1n) is 43.8. The largest absolute Gasteiger partial charge is 0.470 e. The number of nitrogens with one attached hydrogen (secondary N) is 3. The maximum absolute atomic E-state index is 14.6. The van der Waals surface area contributed by atoms with Crippen LogP contribution in [0.25, 0.3) is 0 Å². The highest BCUT2D eigenvalue weighted by atomic mass is 32.1. The number of carbonyl (C=O) groups excluding carboxylic acids is 10. The Bertz CT molecular complexity index is 4100. The highest BCUT2D eigenvalue weighted by molar-refractivity contribution is 7.00. The molecule has 38 nitrogen and oxygen atoms in total. The number of hydrogen-bond donors (Lipinski definition) is 3. The maximum Gasteiger partial charge on any atom is 0.347 e. The number of aromatic nitrogens is 6. The van der Waals surface area contributed by atoms with Gasteiger partial charge in [-0.15, -0.1) is 13.1 Å². The molecule has 3 aliphatic heterocycles. The molecule has 3 aromatic heterocycles. The Morgan fingerprint density at radius 2 is 0.780 bits per heavy atom. The summed E-state index contributed by atoms with van der Waals surface area (Å²) < 4.78 is 120. The van der Waals surface area contributed by atoms with Crippen LogP contribution in [0.15, 0.2) is 42.5 Å². The second-order valence-corrected chi connectivity index (χ2v) is 36.4. The van der Waals surface area contributed by atoms with Gasteiger partial charge in [-0.2, -0.15) is 13.1 Å². The monoisotopic (exact) mass is 1840 g/mol. The lowest BCUT2D eigenvalue weighted by atomic mass is 9.85. The molecule has 0 bridgehead atoms. The Morgan fingerprint density at radius 3 is 1.15 bits per heavy atom. The molecule has 3 N–H and O–H groups in total. The van der Waals surface area contributed by atoms with Crippen LogP contribution in [0.5, 0.6) is 17.6 Å². The van der Waals surface area contributed by atoms with Crippen molar-refractivity contribution in [2.24, 2.45) is 11.8 Å². The summed E-state index contributed by atoms with van der Waals surface area (Å²) in [4.78, 5) is 144. The van der Waals surface area contributed by atoms with Gasteiger partial charge in [-0.1, -0.05) is 42.5 Å². The number of aryl methyl sites for hydroxylation is 1. The van der Waals surface area contributed by atoms with Crippen LogP contribution in [0.4, 0.5) is 17.5 Å². The first-order chi connectivity index (χ1) is 60.5. The van der Waals surface area contributed by atoms with E-state index >= 15 is 0 Å². The molecule has 708 valence electrons. The standard InChI is InChI=1S/C86H130N12O26S3/c1-55(2)115-68(99)25-21-16-15-20-24-64-65(29-28-60(27-26-59-22-18-17-19-23-59)122-81(106)56(3)116-69(100)30-33-72(103)119-61(49-87-84(6,7)8)52-112-78-75(90-125-93-78)96-36-42-109-43-37-96)67(124-83(108)58(5)118-71(102)32-35-74(105)121-63(51-89-86(12,13)14)54-114-80-77(92-127-95-80)98-40-46-111-47-41-98)48-66(64)123-82(107)57(4)117-70(101)31-34-73(104)120-62(50-88-85(9,10)11)53-113-79-76(91-126-94-79)97-38-44-110-45-39-97/h15,17-20,22-23,55-58,60-67,87-89H,16,21,24-54H2,1-14H3/b20-15-/t56?,57?,58?,60-,61-,62-,63-,64+,65+,66-,67+/m0/s1. The molecule has 0 radical (unpaired) electrons. The fraction of sp³-hybridized carbons (Fsp3) is 0.721. The number of rotatable bonds is 52. The van der Waals surface area contributed by atoms with E-state index in [1.807, 2.05) is 119 Å². The van der Waals surface area contributed by atoms with Crippen LogP contribution in [-0.4, -0.2) is 282 Å². The van der Waals surface area contributed by atoms with Crippen LogP contribution in [0.3, 0.4) is 0 Å². The molecular formula is C86H130N12O26S3. The average molecular weight is 1840 g/mol. The third kappa shape index (κ3) is 38.6. The smallest absolute Gasteiger partial charge is 0.347 e. The topological polar surface area (TPSA) is 442 Å². The van der Waals surface area contributed by atoms with E-state index in [0.717, 1.165) is 40.7 Å². The van der Waals surface area contributed by atoms with Crippen LogP contribution >= 0.6 is 35.2 Å². The molecule has 0 amide bonds. The number of unbranched alkanes of at least 4 members (excludes halogenated alkanes) is 1. The van der Waals surface area contributed by atoms with E-state index in [4.69, 9.17) is 75.8 Å². The van der Waals surface area contributed by atoms with Crippen molar-refractivity contribution in [2.45, 2.75) is 271 Å². The van der Waals surface area contributed by atoms with Crippen molar-refractivity contribution in [3.63, 3.8) is 0 Å². The highest BCUT2D eigenvalue weighted by Gasteiger charge is 2.48. The predicted octanol–water partition coefficient (Wildman–Crippen LogP) is 8.18. The molecule has 127 heavy (non-hydrogen) atoms. The molecule has 4 aliphatic rings. The van der Waals surface area contributed by atoms with E-state index in [0.29, 0.717) is 116 Å². The van der Waals surface area contributed by atoms with Crippen molar-refractivity contribution < 1.29 is 124 Å². The van der Waals surface area contributed by atoms with Gasteiger partial charge in [-0.05, 0) is 147 Å². The van der Waals surface area contributed by atoms with Crippen molar-refractivity contribution in [1.29, 1.82) is 0 Å². The highest BCUT2D eigenvalue weighted by Crippen LogP contribution is 2.43. The van der Waals surface area contributed by atoms with Crippen LogP contribution in [0.1, 0.15) is 192 Å². The summed E-state index contributed by atoms with van der Waals surface area (Å²) in [5.41, 5.74) is -0.230. The van der Waals surface area contributed by atoms with Crippen molar-refractivity contribution in [1.82, 2.24) is 42.2 Å². The zero-order valence-corrected chi connectivity index (χ0v) is 78.1. The number of carbonyl (C=O) groups is 10. The minimum absolute atomic E-state index is 0.0823. The Hall–Kier alpha value is -9.10. The van der Waals surface area contributed by atoms with Gasteiger partial charge in [0.25, 0.3) is 17.6 Å². The summed E-state index contributed by atoms with van der Waals surface area (Å²) in [6.07, 6.45) is -7.68. The van der Waals surface area contributed by atoms with Gasteiger partial charge in [0, 0.05) is 100 Å². The molecule has 4 aromatic rings. The van der Waals surface area contributed by atoms with Gasteiger partial charge in [0.1, 0.15) is 56.4 Å². The lowest BCUT2D eigenvalue weighted by molar-refractivity contribution is -0.173. The molecule has 1 aromatic carbocycles. The van der Waals surface area contributed by atoms with Crippen LogP contribution in [-0.2, 0) is 116 Å². The van der Waals surface area contributed by atoms with E-state index in [-0.39, 0.29) is 124 Å². The summed E-state index contributed by atoms with van der Waals surface area (Å²) in [5.74, 6) is -7.20. The van der Waals surface area contributed by atoms with Crippen molar-refractivity contribution >= 4 is 112 Å². The second-order valence-electron chi connectivity index (χ2n) is 34.8. The Kier molecular flexibility index (Phi) is 42.7. The number of hydrogen-bond acceptors (Lipinski definition) is 41. The Labute approximate surface area is 755 Å². The molecular weight excluding hydrogens is 1710 g/mol. The van der Waals surface area contributed by atoms with Gasteiger partial charge in [0.2, 0.25) is 17.5 Å². The first-order valence-corrected chi connectivity index (χ1v) is 45.9. The van der Waals surface area contributed by atoms with Gasteiger partial charge < -0.3 is 106 Å². The molecule has 3 unspecified atom stereocenters. The molecule has 11 atom stereocenters. The van der Waals surface area contributed by atoms with E-state index in [1.165, 1.54) is 20.8 Å². The van der Waals surface area contributed by atoms with Gasteiger partial charge in [-0.25, -0.2) is 14.4 Å². The van der Waals surface area contributed by atoms with Crippen LogP contribution < -0.4 is 44.9 Å². The number of anilines is 3. The number of morpholine rings is 3. The average Bonchev–Trinajstić information content (AvgIpc) is 1.64. The fourth-order valence-corrected chi connectivity index (χ4v) is 15.3. The van der Waals surface area contributed by atoms with Gasteiger partial charge >= 0.3 is 59.7 Å². The minimum Gasteiger partial charge on any atom is -0.470 e. The number of esters is 10. The van der Waals surface area contributed by atoms with Crippen LogP contribution in [0.2, 0.25) is 0 Å². The van der Waals surface area contributed by atoms with Gasteiger partial charge in [0.15, 0.2) is 18.3 Å². The third-order valence-corrected chi connectivity index (χ3v) is 21.9. The number of nitrogens with zero attached hydrogens (tertiary/aromatic N) is 9. The number of benzene rings is 1. The zero-order chi connectivity index (χ0) is 92.1. The molecule has 6 heterocycles.